The van der Waals surface area contributed by atoms with Gasteiger partial charge >= 0.3 is 0 Å². The molecule has 1 aliphatic rings. The molecule has 3 rings (SSSR count). The zero-order chi connectivity index (χ0) is 16.4. The van der Waals surface area contributed by atoms with E-state index in [-0.39, 0.29) is 12.2 Å². The van der Waals surface area contributed by atoms with Gasteiger partial charge < -0.3 is 4.74 Å². The van der Waals surface area contributed by atoms with Crippen LogP contribution in [0.2, 0.25) is 0 Å². The van der Waals surface area contributed by atoms with Gasteiger partial charge in [0.05, 0.1) is 17.9 Å². The van der Waals surface area contributed by atoms with E-state index in [9.17, 15) is 0 Å². The number of hydrogen-bond acceptors (Lipinski definition) is 3. The lowest BCUT2D eigenvalue weighted by Gasteiger charge is -2.40. The first kappa shape index (κ1) is 16.2. The van der Waals surface area contributed by atoms with Crippen molar-refractivity contribution in [2.75, 3.05) is 13.1 Å². The Morgan fingerprint density at radius 3 is 2.57 bits per heavy atom. The standard InChI is InChI=1S/C19H27N3O/c1-14(2)18-12-22(11-17-10-21(4)20-15(17)3)13-19(23-18)16-8-6-5-7-9-16/h5-10,14,18-19H,11-13H2,1-4H3/t18-,19+/m1/s1. The lowest BCUT2D eigenvalue weighted by molar-refractivity contribution is -0.107. The molecule has 0 amide bonds. The fourth-order valence-corrected chi connectivity index (χ4v) is 3.25. The summed E-state index contributed by atoms with van der Waals surface area (Å²) in [6, 6.07) is 10.6. The van der Waals surface area contributed by atoms with E-state index >= 15 is 0 Å². The molecule has 124 valence electrons. The Morgan fingerprint density at radius 1 is 1.22 bits per heavy atom. The Bertz CT molecular complexity index is 635. The van der Waals surface area contributed by atoms with Gasteiger partial charge in [-0.25, -0.2) is 0 Å². The summed E-state index contributed by atoms with van der Waals surface area (Å²) in [6.07, 6.45) is 2.55. The van der Waals surface area contributed by atoms with Gasteiger partial charge in [0.25, 0.3) is 0 Å². The monoisotopic (exact) mass is 313 g/mol. The van der Waals surface area contributed by atoms with Gasteiger partial charge in [-0.3, -0.25) is 9.58 Å². The van der Waals surface area contributed by atoms with Crippen LogP contribution in [0.15, 0.2) is 36.5 Å². The summed E-state index contributed by atoms with van der Waals surface area (Å²) < 4.78 is 8.28. The minimum Gasteiger partial charge on any atom is -0.367 e. The van der Waals surface area contributed by atoms with Crippen molar-refractivity contribution in [3.8, 4) is 0 Å². The van der Waals surface area contributed by atoms with Gasteiger partial charge in [-0.05, 0) is 18.4 Å². The lowest BCUT2D eigenvalue weighted by Crippen LogP contribution is -2.45. The normalized spacial score (nSPS) is 22.7. The molecule has 0 saturated carbocycles. The number of hydrogen-bond donors (Lipinski definition) is 0. The molecule has 1 aromatic heterocycles. The maximum absolute atomic E-state index is 6.37. The SMILES string of the molecule is Cc1nn(C)cc1CN1C[C@@H](c2ccccc2)O[C@@H](C(C)C)C1. The second-order valence-corrected chi connectivity index (χ2v) is 6.93. The predicted octanol–water partition coefficient (Wildman–Crippen LogP) is 3.33. The first-order chi connectivity index (χ1) is 11.0. The van der Waals surface area contributed by atoms with Gasteiger partial charge in [-0.1, -0.05) is 44.2 Å². The largest absolute Gasteiger partial charge is 0.367 e. The van der Waals surface area contributed by atoms with Crippen molar-refractivity contribution in [2.24, 2.45) is 13.0 Å². The average molecular weight is 313 g/mol. The average Bonchev–Trinajstić information content (AvgIpc) is 2.85. The maximum Gasteiger partial charge on any atom is 0.0956 e. The number of aromatic nitrogens is 2. The number of morpholine rings is 1. The second-order valence-electron chi connectivity index (χ2n) is 6.93. The number of benzene rings is 1. The molecule has 4 nitrogen and oxygen atoms in total. The predicted molar refractivity (Wildman–Crippen MR) is 92.1 cm³/mol. The molecule has 0 aliphatic carbocycles. The molecule has 1 aliphatic heterocycles. The topological polar surface area (TPSA) is 30.3 Å². The second kappa shape index (κ2) is 6.85. The molecule has 4 heteroatoms. The van der Waals surface area contributed by atoms with Gasteiger partial charge in [-0.15, -0.1) is 0 Å². The number of nitrogens with zero attached hydrogens (tertiary/aromatic N) is 3. The smallest absolute Gasteiger partial charge is 0.0956 e. The summed E-state index contributed by atoms with van der Waals surface area (Å²) in [7, 11) is 1.99. The number of aryl methyl sites for hydroxylation is 2. The van der Waals surface area contributed by atoms with Crippen LogP contribution >= 0.6 is 0 Å². The molecular weight excluding hydrogens is 286 g/mol. The molecule has 1 fully saturated rings. The van der Waals surface area contributed by atoms with Crippen LogP contribution in [0, 0.1) is 12.8 Å². The quantitative estimate of drug-likeness (QED) is 0.867. The Labute approximate surface area is 139 Å². The van der Waals surface area contributed by atoms with Crippen molar-refractivity contribution < 1.29 is 4.74 Å². The van der Waals surface area contributed by atoms with Crippen LogP contribution in [0.25, 0.3) is 0 Å². The van der Waals surface area contributed by atoms with E-state index in [1.807, 2.05) is 11.7 Å². The Kier molecular flexibility index (Phi) is 4.83. The first-order valence-electron chi connectivity index (χ1n) is 8.45. The summed E-state index contributed by atoms with van der Waals surface area (Å²) in [5.41, 5.74) is 3.70. The van der Waals surface area contributed by atoms with E-state index in [0.29, 0.717) is 5.92 Å². The molecule has 0 N–H and O–H groups in total. The third-order valence-electron chi connectivity index (χ3n) is 4.63. The van der Waals surface area contributed by atoms with Crippen LogP contribution in [0.1, 0.15) is 36.8 Å². The van der Waals surface area contributed by atoms with Crippen LogP contribution < -0.4 is 0 Å². The molecular formula is C19H27N3O. The molecule has 2 atom stereocenters. The lowest BCUT2D eigenvalue weighted by atomic mass is 10.0. The Hall–Kier alpha value is -1.65. The molecule has 0 radical (unpaired) electrons. The summed E-state index contributed by atoms with van der Waals surface area (Å²) in [6.45, 7) is 9.42. The summed E-state index contributed by atoms with van der Waals surface area (Å²) in [4.78, 5) is 2.51. The number of ether oxygens (including phenoxy) is 1. The maximum atomic E-state index is 6.37. The van der Waals surface area contributed by atoms with Gasteiger partial charge in [-0.2, -0.15) is 5.10 Å². The van der Waals surface area contributed by atoms with Crippen molar-refractivity contribution in [2.45, 2.75) is 39.5 Å². The molecule has 2 heterocycles. The highest BCUT2D eigenvalue weighted by Gasteiger charge is 2.30. The van der Waals surface area contributed by atoms with Crippen LogP contribution in [-0.4, -0.2) is 33.9 Å². The van der Waals surface area contributed by atoms with Gasteiger partial charge in [0.1, 0.15) is 0 Å². The fourth-order valence-electron chi connectivity index (χ4n) is 3.25. The highest BCUT2D eigenvalue weighted by molar-refractivity contribution is 5.19. The third-order valence-corrected chi connectivity index (χ3v) is 4.63. The number of rotatable bonds is 4. The molecule has 1 aromatic carbocycles. The summed E-state index contributed by atoms with van der Waals surface area (Å²) in [5.74, 6) is 0.513. The summed E-state index contributed by atoms with van der Waals surface area (Å²) in [5, 5.41) is 4.47. The third kappa shape index (κ3) is 3.82. The van der Waals surface area contributed by atoms with E-state index < -0.39 is 0 Å². The van der Waals surface area contributed by atoms with Crippen molar-refractivity contribution >= 4 is 0 Å². The minimum atomic E-state index is 0.148. The van der Waals surface area contributed by atoms with Crippen molar-refractivity contribution in [3.05, 3.63) is 53.3 Å². The summed E-state index contributed by atoms with van der Waals surface area (Å²) >= 11 is 0. The zero-order valence-electron chi connectivity index (χ0n) is 14.6. The van der Waals surface area contributed by atoms with Crippen LogP contribution in [0.4, 0.5) is 0 Å². The van der Waals surface area contributed by atoms with Gasteiger partial charge in [0.15, 0.2) is 0 Å². The van der Waals surface area contributed by atoms with E-state index in [4.69, 9.17) is 4.74 Å². The Balaban J connectivity index is 1.78. The highest BCUT2D eigenvalue weighted by Crippen LogP contribution is 2.29. The zero-order valence-corrected chi connectivity index (χ0v) is 14.6. The molecule has 0 spiro atoms. The van der Waals surface area contributed by atoms with Crippen LogP contribution in [0.5, 0.6) is 0 Å². The molecule has 2 aromatic rings. The van der Waals surface area contributed by atoms with Crippen LogP contribution in [-0.2, 0) is 18.3 Å². The van der Waals surface area contributed by atoms with E-state index in [0.717, 1.165) is 25.3 Å². The minimum absolute atomic E-state index is 0.148. The van der Waals surface area contributed by atoms with Gasteiger partial charge in [0.2, 0.25) is 0 Å². The molecule has 0 unspecified atom stereocenters. The van der Waals surface area contributed by atoms with E-state index in [1.54, 1.807) is 0 Å². The van der Waals surface area contributed by atoms with Crippen molar-refractivity contribution in [1.29, 1.82) is 0 Å². The first-order valence-corrected chi connectivity index (χ1v) is 8.45. The Morgan fingerprint density at radius 2 is 1.96 bits per heavy atom. The highest BCUT2D eigenvalue weighted by atomic mass is 16.5. The fraction of sp³-hybridized carbons (Fsp3) is 0.526. The van der Waals surface area contributed by atoms with E-state index in [1.165, 1.54) is 11.1 Å². The van der Waals surface area contributed by atoms with Crippen LogP contribution in [0.3, 0.4) is 0 Å². The van der Waals surface area contributed by atoms with Crippen molar-refractivity contribution in [1.82, 2.24) is 14.7 Å². The van der Waals surface area contributed by atoms with Crippen molar-refractivity contribution in [3.63, 3.8) is 0 Å². The molecule has 1 saturated heterocycles. The molecule has 0 bridgehead atoms. The van der Waals surface area contributed by atoms with E-state index in [2.05, 4.69) is 67.3 Å². The molecule has 23 heavy (non-hydrogen) atoms. The van der Waals surface area contributed by atoms with Gasteiger partial charge in [0, 0.05) is 38.4 Å².